The van der Waals surface area contributed by atoms with Crippen LogP contribution in [-0.2, 0) is 15.7 Å². The Morgan fingerprint density at radius 1 is 1.50 bits per heavy atom. The van der Waals surface area contributed by atoms with Gasteiger partial charge in [-0.15, -0.1) is 0 Å². The van der Waals surface area contributed by atoms with Gasteiger partial charge in [0.2, 0.25) is 0 Å². The average Bonchev–Trinajstić information content (AvgIpc) is 2.60. The fourth-order valence-electron chi connectivity index (χ4n) is 1.20. The van der Waals surface area contributed by atoms with Gasteiger partial charge in [0.1, 0.15) is 6.42 Å². The van der Waals surface area contributed by atoms with Gasteiger partial charge in [-0.2, -0.15) is 18.3 Å². The number of nitrogens with one attached hydrogen (secondary N) is 1. The Balaban J connectivity index is 2.88. The van der Waals surface area contributed by atoms with Gasteiger partial charge < -0.3 is 4.74 Å². The van der Waals surface area contributed by atoms with Crippen molar-refractivity contribution in [1.29, 1.82) is 0 Å². The number of alkyl halides is 3. The van der Waals surface area contributed by atoms with Crippen molar-refractivity contribution < 1.29 is 22.7 Å². The lowest BCUT2D eigenvalue weighted by molar-refractivity contribution is -0.142. The lowest BCUT2D eigenvalue weighted by Crippen LogP contribution is -2.08. The molecule has 0 amide bonds. The Morgan fingerprint density at radius 3 is 2.72 bits per heavy atom. The molecule has 0 radical (unpaired) electrons. The molecule has 7 heteroatoms. The molecule has 0 unspecified atom stereocenters. The molecule has 0 fully saturated rings. The molecular formula is C11H11F3N2O2. The molecule has 4 nitrogen and oxygen atoms in total. The number of aryl methyl sites for hydroxylation is 1. The van der Waals surface area contributed by atoms with E-state index in [1.165, 1.54) is 6.92 Å². The van der Waals surface area contributed by atoms with E-state index in [0.717, 1.165) is 0 Å². The minimum Gasteiger partial charge on any atom is -0.465 e. The van der Waals surface area contributed by atoms with Gasteiger partial charge >= 0.3 is 12.1 Å². The number of H-pyrrole nitrogens is 1. The molecule has 1 N–H and O–H groups in total. The van der Waals surface area contributed by atoms with E-state index in [2.05, 4.69) is 26.8 Å². The zero-order chi connectivity index (χ0) is 13.8. The molecule has 0 aliphatic rings. The van der Waals surface area contributed by atoms with E-state index in [1.54, 1.807) is 6.92 Å². The Labute approximate surface area is 102 Å². The van der Waals surface area contributed by atoms with E-state index in [9.17, 15) is 18.0 Å². The zero-order valence-electron chi connectivity index (χ0n) is 9.81. The molecule has 0 atom stereocenters. The van der Waals surface area contributed by atoms with E-state index >= 15 is 0 Å². The minimum absolute atomic E-state index is 0.207. The van der Waals surface area contributed by atoms with Crippen molar-refractivity contribution in [2.75, 3.05) is 6.61 Å². The number of hydrogen-bond acceptors (Lipinski definition) is 3. The number of aromatic amines is 1. The van der Waals surface area contributed by atoms with E-state index < -0.39 is 17.8 Å². The van der Waals surface area contributed by atoms with Gasteiger partial charge in [-0.05, 0) is 13.8 Å². The maximum Gasteiger partial charge on any atom is 0.436 e. The van der Waals surface area contributed by atoms with Crippen molar-refractivity contribution in [3.05, 3.63) is 17.0 Å². The van der Waals surface area contributed by atoms with Gasteiger partial charge in [0.25, 0.3) is 0 Å². The predicted octanol–water partition coefficient (Wildman–Crippen LogP) is 2.04. The number of nitrogens with zero attached hydrogens (tertiary/aromatic N) is 1. The van der Waals surface area contributed by atoms with Crippen LogP contribution >= 0.6 is 0 Å². The smallest absolute Gasteiger partial charge is 0.436 e. The number of carbonyl (C=O) groups is 1. The fraction of sp³-hybridized carbons (Fsp3) is 0.455. The zero-order valence-corrected chi connectivity index (χ0v) is 9.81. The summed E-state index contributed by atoms with van der Waals surface area (Å²) >= 11 is 0. The van der Waals surface area contributed by atoms with Crippen LogP contribution in [0.5, 0.6) is 0 Å². The van der Waals surface area contributed by atoms with Crippen LogP contribution in [0.2, 0.25) is 0 Å². The van der Waals surface area contributed by atoms with Gasteiger partial charge in [0.15, 0.2) is 5.69 Å². The molecule has 0 aromatic carbocycles. The van der Waals surface area contributed by atoms with Crippen LogP contribution in [0, 0.1) is 18.8 Å². The molecule has 0 saturated heterocycles. The van der Waals surface area contributed by atoms with E-state index in [4.69, 9.17) is 0 Å². The summed E-state index contributed by atoms with van der Waals surface area (Å²) in [4.78, 5) is 11.0. The van der Waals surface area contributed by atoms with Crippen LogP contribution in [0.3, 0.4) is 0 Å². The molecule has 0 bridgehead atoms. The first-order chi connectivity index (χ1) is 8.36. The number of aromatic nitrogens is 2. The summed E-state index contributed by atoms with van der Waals surface area (Å²) in [5.74, 6) is 4.06. The summed E-state index contributed by atoms with van der Waals surface area (Å²) in [7, 11) is 0. The third-order valence-corrected chi connectivity index (χ3v) is 1.97. The molecule has 1 aromatic rings. The van der Waals surface area contributed by atoms with Gasteiger partial charge in [-0.25, -0.2) is 0 Å². The number of carbonyl (C=O) groups excluding carboxylic acids is 1. The quantitative estimate of drug-likeness (QED) is 0.654. The average molecular weight is 260 g/mol. The monoisotopic (exact) mass is 260 g/mol. The van der Waals surface area contributed by atoms with Crippen LogP contribution in [0.1, 0.15) is 30.3 Å². The summed E-state index contributed by atoms with van der Waals surface area (Å²) in [6.07, 6.45) is -4.82. The SMILES string of the molecule is CCOC(=O)CC#Cc1c(C(F)(F)F)n[nH]c1C. The Bertz CT molecular complexity index is 495. The first-order valence-electron chi connectivity index (χ1n) is 5.13. The molecular weight excluding hydrogens is 249 g/mol. The molecule has 0 aliphatic heterocycles. The van der Waals surface area contributed by atoms with Gasteiger partial charge in [0, 0.05) is 5.69 Å². The Hall–Kier alpha value is -1.97. The minimum atomic E-state index is -4.57. The maximum absolute atomic E-state index is 12.5. The maximum atomic E-state index is 12.5. The Morgan fingerprint density at radius 2 is 2.17 bits per heavy atom. The van der Waals surface area contributed by atoms with E-state index in [-0.39, 0.29) is 24.3 Å². The molecule has 1 rings (SSSR count). The van der Waals surface area contributed by atoms with Crippen molar-refractivity contribution in [1.82, 2.24) is 10.2 Å². The highest BCUT2D eigenvalue weighted by Gasteiger charge is 2.37. The molecule has 98 valence electrons. The highest BCUT2D eigenvalue weighted by atomic mass is 19.4. The van der Waals surface area contributed by atoms with Crippen molar-refractivity contribution in [3.63, 3.8) is 0 Å². The second-order valence-corrected chi connectivity index (χ2v) is 3.35. The summed E-state index contributed by atoms with van der Waals surface area (Å²) in [6.45, 7) is 3.27. The fourth-order valence-corrected chi connectivity index (χ4v) is 1.20. The van der Waals surface area contributed by atoms with Crippen LogP contribution in [0.15, 0.2) is 0 Å². The van der Waals surface area contributed by atoms with E-state index in [1.807, 2.05) is 0 Å². The first-order valence-corrected chi connectivity index (χ1v) is 5.13. The van der Waals surface area contributed by atoms with Crippen molar-refractivity contribution in [2.24, 2.45) is 0 Å². The number of esters is 1. The molecule has 0 aliphatic carbocycles. The molecule has 18 heavy (non-hydrogen) atoms. The molecule has 0 spiro atoms. The summed E-state index contributed by atoms with van der Waals surface area (Å²) in [5.41, 5.74) is -1.11. The number of hydrogen-bond donors (Lipinski definition) is 1. The summed E-state index contributed by atoms with van der Waals surface area (Å²) in [6, 6.07) is 0. The molecule has 0 saturated carbocycles. The highest BCUT2D eigenvalue weighted by molar-refractivity contribution is 5.72. The first kappa shape index (κ1) is 14.1. The van der Waals surface area contributed by atoms with Crippen molar-refractivity contribution >= 4 is 5.97 Å². The van der Waals surface area contributed by atoms with Crippen LogP contribution in [-0.4, -0.2) is 22.8 Å². The predicted molar refractivity (Wildman–Crippen MR) is 56.5 cm³/mol. The summed E-state index contributed by atoms with van der Waals surface area (Å²) < 4.78 is 42.2. The largest absolute Gasteiger partial charge is 0.465 e. The van der Waals surface area contributed by atoms with Crippen LogP contribution in [0.25, 0.3) is 0 Å². The molecule has 1 aromatic heterocycles. The van der Waals surface area contributed by atoms with Gasteiger partial charge in [-0.3, -0.25) is 9.89 Å². The van der Waals surface area contributed by atoms with E-state index in [0.29, 0.717) is 0 Å². The number of rotatable bonds is 2. The second-order valence-electron chi connectivity index (χ2n) is 3.35. The Kier molecular flexibility index (Phi) is 4.37. The van der Waals surface area contributed by atoms with Crippen molar-refractivity contribution in [2.45, 2.75) is 26.4 Å². The molecule has 1 heterocycles. The standard InChI is InChI=1S/C11H11F3N2O2/c1-3-18-9(17)6-4-5-8-7(2)15-16-10(8)11(12,13)14/h3,6H2,1-2H3,(H,15,16). The van der Waals surface area contributed by atoms with Gasteiger partial charge in [-0.1, -0.05) is 11.8 Å². The topological polar surface area (TPSA) is 55.0 Å². The lowest BCUT2D eigenvalue weighted by Gasteiger charge is -2.01. The van der Waals surface area contributed by atoms with Crippen LogP contribution in [0.4, 0.5) is 13.2 Å². The lowest BCUT2D eigenvalue weighted by atomic mass is 10.2. The van der Waals surface area contributed by atoms with Gasteiger partial charge in [0.05, 0.1) is 12.2 Å². The number of halogens is 3. The van der Waals surface area contributed by atoms with Crippen molar-refractivity contribution in [3.8, 4) is 11.8 Å². The number of ether oxygens (including phenoxy) is 1. The second kappa shape index (κ2) is 5.58. The summed E-state index contributed by atoms with van der Waals surface area (Å²) in [5, 5.41) is 5.37. The highest BCUT2D eigenvalue weighted by Crippen LogP contribution is 2.30. The third-order valence-electron chi connectivity index (χ3n) is 1.97. The normalized spacial score (nSPS) is 10.7. The van der Waals surface area contributed by atoms with Crippen LogP contribution < -0.4 is 0 Å². The third kappa shape index (κ3) is 3.52.